The van der Waals surface area contributed by atoms with Crippen molar-refractivity contribution in [1.29, 1.82) is 0 Å². The molecule has 2 aromatic carbocycles. The highest BCUT2D eigenvalue weighted by molar-refractivity contribution is 7.99. The number of anilines is 1. The Kier molecular flexibility index (Phi) is 6.05. The van der Waals surface area contributed by atoms with Crippen LogP contribution in [0, 0.1) is 6.92 Å². The number of para-hydroxylation sites is 1. The number of nitrogens with zero attached hydrogens (tertiary/aromatic N) is 4. The number of carbonyl (C=O) groups excluding carboxylic acids is 2. The predicted octanol–water partition coefficient (Wildman–Crippen LogP) is 2.36. The Balaban J connectivity index is 1.68. The number of nitrogens with two attached hydrogens (primary N) is 1. The largest absolute Gasteiger partial charge is 0.366 e. The van der Waals surface area contributed by atoms with Gasteiger partial charge in [0.2, 0.25) is 17.0 Å². The summed E-state index contributed by atoms with van der Waals surface area (Å²) < 4.78 is 1.51. The first kappa shape index (κ1) is 19.6. The number of thioether (sulfide) groups is 1. The first-order chi connectivity index (χ1) is 13.5. The number of rotatable bonds is 7. The van der Waals surface area contributed by atoms with Crippen LogP contribution in [0.2, 0.25) is 0 Å². The number of benzene rings is 2. The standard InChI is InChI=1S/C19H20N6O2S/c1-3-13-6-4-5-12(2)17(13)21-16(26)11-28-19-22-23-24-25(19)15-9-7-14(8-10-15)18(20)27/h4-10H,3,11H2,1-2H3,(H2,20,27)(H,21,26). The van der Waals surface area contributed by atoms with E-state index >= 15 is 0 Å². The molecule has 9 heteroatoms. The Morgan fingerprint density at radius 3 is 2.61 bits per heavy atom. The maximum Gasteiger partial charge on any atom is 0.248 e. The number of carbonyl (C=O) groups is 2. The van der Waals surface area contributed by atoms with Crippen LogP contribution in [-0.2, 0) is 11.2 Å². The third-order valence-electron chi connectivity index (χ3n) is 4.17. The van der Waals surface area contributed by atoms with Gasteiger partial charge in [-0.15, -0.1) is 5.10 Å². The van der Waals surface area contributed by atoms with E-state index in [9.17, 15) is 9.59 Å². The van der Waals surface area contributed by atoms with Crippen LogP contribution >= 0.6 is 11.8 Å². The Morgan fingerprint density at radius 2 is 1.93 bits per heavy atom. The lowest BCUT2D eigenvalue weighted by atomic mass is 10.1. The molecule has 0 radical (unpaired) electrons. The molecule has 3 aromatic rings. The summed E-state index contributed by atoms with van der Waals surface area (Å²) in [6.07, 6.45) is 0.837. The van der Waals surface area contributed by atoms with Crippen molar-refractivity contribution < 1.29 is 9.59 Å². The van der Waals surface area contributed by atoms with Crippen LogP contribution < -0.4 is 11.1 Å². The lowest BCUT2D eigenvalue weighted by Gasteiger charge is -2.12. The summed E-state index contributed by atoms with van der Waals surface area (Å²) in [6, 6.07) is 12.6. The molecule has 0 unspecified atom stereocenters. The molecule has 28 heavy (non-hydrogen) atoms. The highest BCUT2D eigenvalue weighted by Gasteiger charge is 2.14. The summed E-state index contributed by atoms with van der Waals surface area (Å²) in [5, 5.41) is 15.1. The molecule has 0 atom stereocenters. The fraction of sp³-hybridized carbons (Fsp3) is 0.211. The molecule has 3 rings (SSSR count). The van der Waals surface area contributed by atoms with E-state index in [1.165, 1.54) is 16.4 Å². The second-order valence-electron chi connectivity index (χ2n) is 6.08. The fourth-order valence-electron chi connectivity index (χ4n) is 2.71. The van der Waals surface area contributed by atoms with E-state index in [1.807, 2.05) is 25.1 Å². The van der Waals surface area contributed by atoms with Crippen LogP contribution in [0.1, 0.15) is 28.4 Å². The fourth-order valence-corrected chi connectivity index (χ4v) is 3.40. The van der Waals surface area contributed by atoms with Gasteiger partial charge in [0.15, 0.2) is 0 Å². The topological polar surface area (TPSA) is 116 Å². The maximum atomic E-state index is 12.4. The zero-order valence-corrected chi connectivity index (χ0v) is 16.4. The van der Waals surface area contributed by atoms with Crippen molar-refractivity contribution in [3.8, 4) is 5.69 Å². The van der Waals surface area contributed by atoms with Crippen molar-refractivity contribution in [3.05, 3.63) is 59.2 Å². The van der Waals surface area contributed by atoms with E-state index in [0.29, 0.717) is 16.4 Å². The van der Waals surface area contributed by atoms with Gasteiger partial charge in [-0.1, -0.05) is 36.9 Å². The molecule has 8 nitrogen and oxygen atoms in total. The second kappa shape index (κ2) is 8.66. The first-order valence-corrected chi connectivity index (χ1v) is 9.68. The second-order valence-corrected chi connectivity index (χ2v) is 7.03. The quantitative estimate of drug-likeness (QED) is 0.592. The molecule has 2 amide bonds. The van der Waals surface area contributed by atoms with Crippen molar-refractivity contribution in [2.45, 2.75) is 25.4 Å². The zero-order chi connectivity index (χ0) is 20.1. The molecule has 144 valence electrons. The van der Waals surface area contributed by atoms with Crippen molar-refractivity contribution in [2.24, 2.45) is 5.73 Å². The number of aromatic nitrogens is 4. The van der Waals surface area contributed by atoms with E-state index in [-0.39, 0.29) is 11.7 Å². The maximum absolute atomic E-state index is 12.4. The van der Waals surface area contributed by atoms with Crippen LogP contribution in [0.3, 0.4) is 0 Å². The number of hydrogen-bond donors (Lipinski definition) is 2. The number of aryl methyl sites for hydroxylation is 2. The van der Waals surface area contributed by atoms with Gasteiger partial charge in [-0.2, -0.15) is 4.68 Å². The van der Waals surface area contributed by atoms with Crippen molar-refractivity contribution in [1.82, 2.24) is 20.2 Å². The van der Waals surface area contributed by atoms with Gasteiger partial charge in [-0.05, 0) is 59.2 Å². The van der Waals surface area contributed by atoms with Gasteiger partial charge in [0, 0.05) is 11.3 Å². The Bertz CT molecular complexity index is 1000. The van der Waals surface area contributed by atoms with Crippen molar-refractivity contribution in [2.75, 3.05) is 11.1 Å². The average molecular weight is 396 g/mol. The van der Waals surface area contributed by atoms with Gasteiger partial charge in [0.25, 0.3) is 0 Å². The van der Waals surface area contributed by atoms with Crippen LogP contribution in [-0.4, -0.2) is 37.8 Å². The Morgan fingerprint density at radius 1 is 1.18 bits per heavy atom. The molecule has 0 aliphatic rings. The van der Waals surface area contributed by atoms with E-state index < -0.39 is 5.91 Å². The van der Waals surface area contributed by atoms with Crippen LogP contribution in [0.4, 0.5) is 5.69 Å². The molecule has 0 bridgehead atoms. The summed E-state index contributed by atoms with van der Waals surface area (Å²) in [5.74, 6) is -0.471. The summed E-state index contributed by atoms with van der Waals surface area (Å²) in [4.78, 5) is 23.6. The third-order valence-corrected chi connectivity index (χ3v) is 5.09. The molecule has 0 saturated heterocycles. The van der Waals surface area contributed by atoms with Gasteiger partial charge >= 0.3 is 0 Å². The molecule has 0 fully saturated rings. The van der Waals surface area contributed by atoms with Gasteiger partial charge in [-0.25, -0.2) is 0 Å². The predicted molar refractivity (Wildman–Crippen MR) is 108 cm³/mol. The minimum absolute atomic E-state index is 0.132. The number of nitrogens with one attached hydrogen (secondary N) is 1. The number of tetrazole rings is 1. The summed E-state index contributed by atoms with van der Waals surface area (Å²) in [5.41, 5.74) is 9.30. The SMILES string of the molecule is CCc1cccc(C)c1NC(=O)CSc1nnnn1-c1ccc(C(N)=O)cc1. The third kappa shape index (κ3) is 4.37. The van der Waals surface area contributed by atoms with E-state index in [2.05, 4.69) is 27.8 Å². The summed E-state index contributed by atoms with van der Waals surface area (Å²) in [6.45, 7) is 4.02. The summed E-state index contributed by atoms with van der Waals surface area (Å²) in [7, 11) is 0. The Labute approximate surface area is 166 Å². The van der Waals surface area contributed by atoms with Crippen LogP contribution in [0.5, 0.6) is 0 Å². The summed E-state index contributed by atoms with van der Waals surface area (Å²) >= 11 is 1.23. The van der Waals surface area contributed by atoms with Gasteiger partial charge in [0.1, 0.15) is 0 Å². The molecule has 0 aliphatic carbocycles. The van der Waals surface area contributed by atoms with E-state index in [1.54, 1.807) is 24.3 Å². The van der Waals surface area contributed by atoms with Crippen LogP contribution in [0.25, 0.3) is 5.69 Å². The van der Waals surface area contributed by atoms with Crippen molar-refractivity contribution in [3.63, 3.8) is 0 Å². The molecular formula is C19H20N6O2S. The monoisotopic (exact) mass is 396 g/mol. The first-order valence-electron chi connectivity index (χ1n) is 8.69. The van der Waals surface area contributed by atoms with Crippen molar-refractivity contribution >= 4 is 29.3 Å². The molecule has 1 aromatic heterocycles. The zero-order valence-electron chi connectivity index (χ0n) is 15.5. The minimum atomic E-state index is -0.503. The molecule has 1 heterocycles. The van der Waals surface area contributed by atoms with E-state index in [0.717, 1.165) is 23.2 Å². The smallest absolute Gasteiger partial charge is 0.248 e. The molecular weight excluding hydrogens is 376 g/mol. The van der Waals surface area contributed by atoms with E-state index in [4.69, 9.17) is 5.73 Å². The van der Waals surface area contributed by atoms with Gasteiger partial charge in [0.05, 0.1) is 11.4 Å². The van der Waals surface area contributed by atoms with Gasteiger partial charge in [-0.3, -0.25) is 9.59 Å². The lowest BCUT2D eigenvalue weighted by molar-refractivity contribution is -0.113. The highest BCUT2D eigenvalue weighted by Crippen LogP contribution is 2.23. The minimum Gasteiger partial charge on any atom is -0.366 e. The number of primary amides is 1. The number of amides is 2. The molecule has 0 saturated carbocycles. The van der Waals surface area contributed by atoms with Crippen LogP contribution in [0.15, 0.2) is 47.6 Å². The lowest BCUT2D eigenvalue weighted by Crippen LogP contribution is -2.16. The molecule has 3 N–H and O–H groups in total. The highest BCUT2D eigenvalue weighted by atomic mass is 32.2. The number of hydrogen-bond acceptors (Lipinski definition) is 6. The molecule has 0 spiro atoms. The normalized spacial score (nSPS) is 10.6. The molecule has 0 aliphatic heterocycles. The Hall–Kier alpha value is -3.20. The van der Waals surface area contributed by atoms with Gasteiger partial charge < -0.3 is 11.1 Å². The average Bonchev–Trinajstić information content (AvgIpc) is 3.16.